The number of ether oxygens (including phenoxy) is 2. The second-order valence-corrected chi connectivity index (χ2v) is 11.4. The van der Waals surface area contributed by atoms with Crippen LogP contribution in [0.25, 0.3) is 0 Å². The van der Waals surface area contributed by atoms with Gasteiger partial charge in [0.1, 0.15) is 11.5 Å². The standard InChI is InChI=1S/C31H31Cl2NO5/c1-31(2,3)22-6-12-25(13-7-22)38-26-14-10-24(11-15-26)34-19-21(18-28(34)35)30(37)39-27(16-17-32)29(36)20-4-8-23(33)9-5-20/h4-15,21,27H,16-19H2,1-3H3/t21-,27+/m1/s1. The molecule has 39 heavy (non-hydrogen) atoms. The van der Waals surface area contributed by atoms with Gasteiger partial charge >= 0.3 is 5.97 Å². The fourth-order valence-electron chi connectivity index (χ4n) is 4.35. The summed E-state index contributed by atoms with van der Waals surface area (Å²) in [5.74, 6) is -0.341. The van der Waals surface area contributed by atoms with Gasteiger partial charge in [-0.1, -0.05) is 44.5 Å². The van der Waals surface area contributed by atoms with E-state index < -0.39 is 18.0 Å². The largest absolute Gasteiger partial charge is 0.457 e. The lowest BCUT2D eigenvalue weighted by molar-refractivity contribution is -0.151. The highest BCUT2D eigenvalue weighted by Crippen LogP contribution is 2.31. The Balaban J connectivity index is 1.37. The van der Waals surface area contributed by atoms with Crippen molar-refractivity contribution in [3.05, 3.63) is 88.9 Å². The average molecular weight is 568 g/mol. The molecule has 0 N–H and O–H groups in total. The van der Waals surface area contributed by atoms with E-state index in [1.165, 1.54) is 5.56 Å². The molecule has 8 heteroatoms. The van der Waals surface area contributed by atoms with Crippen LogP contribution in [0.5, 0.6) is 11.5 Å². The monoisotopic (exact) mass is 567 g/mol. The zero-order valence-corrected chi connectivity index (χ0v) is 23.7. The maximum absolute atomic E-state index is 12.9. The van der Waals surface area contributed by atoms with Gasteiger partial charge in [-0.05, 0) is 71.6 Å². The average Bonchev–Trinajstić information content (AvgIpc) is 3.30. The molecule has 6 nitrogen and oxygen atoms in total. The van der Waals surface area contributed by atoms with Crippen LogP contribution in [-0.2, 0) is 19.7 Å². The van der Waals surface area contributed by atoms with Crippen LogP contribution in [-0.4, -0.2) is 36.2 Å². The summed E-state index contributed by atoms with van der Waals surface area (Å²) in [5.41, 5.74) is 2.30. The fraction of sp³-hybridized carbons (Fsp3) is 0.323. The molecule has 204 valence electrons. The molecule has 0 saturated carbocycles. The third-order valence-electron chi connectivity index (χ3n) is 6.61. The molecule has 0 bridgehead atoms. The number of nitrogens with zero attached hydrogens (tertiary/aromatic N) is 1. The van der Waals surface area contributed by atoms with E-state index >= 15 is 0 Å². The second-order valence-electron chi connectivity index (χ2n) is 10.6. The van der Waals surface area contributed by atoms with E-state index in [1.54, 1.807) is 53.4 Å². The normalized spacial score (nSPS) is 16.2. The molecule has 1 fully saturated rings. The van der Waals surface area contributed by atoms with E-state index in [2.05, 4.69) is 20.8 Å². The number of Topliss-reactive ketones (excluding diaryl/α,β-unsaturated/α-hetero) is 1. The molecular formula is C31H31Cl2NO5. The number of benzene rings is 3. The van der Waals surface area contributed by atoms with Crippen LogP contribution >= 0.6 is 23.2 Å². The summed E-state index contributed by atoms with van der Waals surface area (Å²) in [5, 5.41) is 0.497. The maximum atomic E-state index is 12.9. The Kier molecular flexibility index (Phi) is 8.98. The first kappa shape index (κ1) is 28.7. The summed E-state index contributed by atoms with van der Waals surface area (Å²) in [7, 11) is 0. The summed E-state index contributed by atoms with van der Waals surface area (Å²) in [6, 6.07) is 21.5. The van der Waals surface area contributed by atoms with Gasteiger partial charge in [-0.2, -0.15) is 0 Å². The molecule has 1 aliphatic heterocycles. The summed E-state index contributed by atoms with van der Waals surface area (Å²) in [6.07, 6.45) is -0.867. The van der Waals surface area contributed by atoms with Crippen LogP contribution in [0.2, 0.25) is 5.02 Å². The lowest BCUT2D eigenvalue weighted by Gasteiger charge is -2.20. The minimum Gasteiger partial charge on any atom is -0.457 e. The predicted molar refractivity (Wildman–Crippen MR) is 153 cm³/mol. The molecule has 1 heterocycles. The number of alkyl halides is 1. The van der Waals surface area contributed by atoms with Gasteiger partial charge in [0.15, 0.2) is 6.10 Å². The van der Waals surface area contributed by atoms with Crippen molar-refractivity contribution in [3.63, 3.8) is 0 Å². The number of amides is 1. The van der Waals surface area contributed by atoms with Gasteiger partial charge in [0, 0.05) is 41.5 Å². The zero-order valence-electron chi connectivity index (χ0n) is 22.2. The molecule has 0 unspecified atom stereocenters. The fourth-order valence-corrected chi connectivity index (χ4v) is 4.67. The highest BCUT2D eigenvalue weighted by atomic mass is 35.5. The summed E-state index contributed by atoms with van der Waals surface area (Å²) in [6.45, 7) is 6.63. The number of rotatable bonds is 9. The van der Waals surface area contributed by atoms with Crippen molar-refractivity contribution in [1.29, 1.82) is 0 Å². The number of hydrogen-bond acceptors (Lipinski definition) is 5. The van der Waals surface area contributed by atoms with Gasteiger partial charge < -0.3 is 14.4 Å². The third kappa shape index (κ3) is 7.20. The Hall–Kier alpha value is -3.35. The number of ketones is 1. The smallest absolute Gasteiger partial charge is 0.312 e. The summed E-state index contributed by atoms with van der Waals surface area (Å²) in [4.78, 5) is 40.2. The molecule has 1 saturated heterocycles. The first-order chi connectivity index (χ1) is 18.5. The number of esters is 1. The lowest BCUT2D eigenvalue weighted by atomic mass is 9.87. The van der Waals surface area contributed by atoms with E-state index in [9.17, 15) is 14.4 Å². The Morgan fingerprint density at radius 3 is 2.10 bits per heavy atom. The van der Waals surface area contributed by atoms with Crippen molar-refractivity contribution in [3.8, 4) is 11.5 Å². The molecule has 0 aliphatic carbocycles. The van der Waals surface area contributed by atoms with E-state index in [0.29, 0.717) is 22.0 Å². The highest BCUT2D eigenvalue weighted by molar-refractivity contribution is 6.30. The third-order valence-corrected chi connectivity index (χ3v) is 7.08. The van der Waals surface area contributed by atoms with Crippen LogP contribution in [0.15, 0.2) is 72.8 Å². The number of hydrogen-bond donors (Lipinski definition) is 0. The minimum atomic E-state index is -1.03. The quantitative estimate of drug-likeness (QED) is 0.155. The van der Waals surface area contributed by atoms with Gasteiger partial charge in [0.25, 0.3) is 0 Å². The molecule has 4 rings (SSSR count). The zero-order chi connectivity index (χ0) is 28.2. The molecule has 0 spiro atoms. The minimum absolute atomic E-state index is 0.0000589. The van der Waals surface area contributed by atoms with E-state index in [-0.39, 0.29) is 42.4 Å². The van der Waals surface area contributed by atoms with Gasteiger partial charge in [0.05, 0.1) is 5.92 Å². The van der Waals surface area contributed by atoms with Crippen molar-refractivity contribution in [1.82, 2.24) is 0 Å². The van der Waals surface area contributed by atoms with Crippen LogP contribution in [0, 0.1) is 5.92 Å². The molecule has 3 aromatic rings. The van der Waals surface area contributed by atoms with Crippen LogP contribution in [0.4, 0.5) is 5.69 Å². The summed E-state index contributed by atoms with van der Waals surface area (Å²) >= 11 is 11.8. The van der Waals surface area contributed by atoms with Crippen molar-refractivity contribution in [2.75, 3.05) is 17.3 Å². The molecule has 3 aromatic carbocycles. The number of carbonyl (C=O) groups excluding carboxylic acids is 3. The SMILES string of the molecule is CC(C)(C)c1ccc(Oc2ccc(N3C[C@H](C(=O)O[C@@H](CCCl)C(=O)c4ccc(Cl)cc4)CC3=O)cc2)cc1. The van der Waals surface area contributed by atoms with Crippen molar-refractivity contribution >= 4 is 46.5 Å². The first-order valence-electron chi connectivity index (χ1n) is 12.8. The topological polar surface area (TPSA) is 72.9 Å². The molecule has 0 radical (unpaired) electrons. The maximum Gasteiger partial charge on any atom is 0.312 e. The molecular weight excluding hydrogens is 537 g/mol. The predicted octanol–water partition coefficient (Wildman–Crippen LogP) is 7.21. The van der Waals surface area contributed by atoms with E-state index in [0.717, 1.165) is 5.75 Å². The second kappa shape index (κ2) is 12.2. The first-order valence-corrected chi connectivity index (χ1v) is 13.7. The van der Waals surface area contributed by atoms with E-state index in [4.69, 9.17) is 32.7 Å². The van der Waals surface area contributed by atoms with Crippen molar-refractivity contribution < 1.29 is 23.9 Å². The van der Waals surface area contributed by atoms with Crippen LogP contribution in [0.1, 0.15) is 49.5 Å². The van der Waals surface area contributed by atoms with Crippen molar-refractivity contribution in [2.45, 2.75) is 45.1 Å². The Morgan fingerprint density at radius 2 is 1.54 bits per heavy atom. The van der Waals surface area contributed by atoms with Crippen molar-refractivity contribution in [2.24, 2.45) is 5.92 Å². The molecule has 2 atom stereocenters. The molecule has 1 aliphatic rings. The van der Waals surface area contributed by atoms with Crippen LogP contribution < -0.4 is 9.64 Å². The van der Waals surface area contributed by atoms with E-state index in [1.807, 2.05) is 24.3 Å². The lowest BCUT2D eigenvalue weighted by Crippen LogP contribution is -2.32. The highest BCUT2D eigenvalue weighted by Gasteiger charge is 2.38. The number of anilines is 1. The van der Waals surface area contributed by atoms with Gasteiger partial charge in [0.2, 0.25) is 11.7 Å². The van der Waals surface area contributed by atoms with Gasteiger partial charge in [-0.25, -0.2) is 0 Å². The van der Waals surface area contributed by atoms with Gasteiger partial charge in [-0.3, -0.25) is 14.4 Å². The Labute approximate surface area is 238 Å². The Bertz CT molecular complexity index is 1320. The number of carbonyl (C=O) groups is 3. The van der Waals surface area contributed by atoms with Crippen LogP contribution in [0.3, 0.4) is 0 Å². The van der Waals surface area contributed by atoms with Gasteiger partial charge in [-0.15, -0.1) is 11.6 Å². The number of halogens is 2. The Morgan fingerprint density at radius 1 is 0.949 bits per heavy atom. The molecule has 1 amide bonds. The summed E-state index contributed by atoms with van der Waals surface area (Å²) < 4.78 is 11.5. The molecule has 0 aromatic heterocycles.